The van der Waals surface area contributed by atoms with Crippen LogP contribution in [0.15, 0.2) is 58.1 Å². The zero-order valence-electron chi connectivity index (χ0n) is 16.3. The van der Waals surface area contributed by atoms with E-state index in [2.05, 4.69) is 5.10 Å². The molecule has 1 aliphatic rings. The second-order valence-corrected chi connectivity index (χ2v) is 6.92. The quantitative estimate of drug-likeness (QED) is 0.623. The molecule has 0 atom stereocenters. The van der Waals surface area contributed by atoms with E-state index in [1.807, 2.05) is 0 Å². The SMILES string of the molecule is O=C(c1nn(-c2ccccc2F)c(=O)n(Cc2ccc(F)cc2)c1=O)N1CCOCC1. The Morgan fingerprint density at radius 1 is 1.00 bits per heavy atom. The number of para-hydroxylation sites is 1. The molecule has 0 bridgehead atoms. The van der Waals surface area contributed by atoms with Gasteiger partial charge in [-0.3, -0.25) is 14.2 Å². The predicted molar refractivity (Wildman–Crippen MR) is 106 cm³/mol. The lowest BCUT2D eigenvalue weighted by molar-refractivity contribution is 0.0295. The van der Waals surface area contributed by atoms with Gasteiger partial charge < -0.3 is 9.64 Å². The van der Waals surface area contributed by atoms with Gasteiger partial charge in [0, 0.05) is 13.1 Å². The van der Waals surface area contributed by atoms with Crippen molar-refractivity contribution in [2.45, 2.75) is 6.54 Å². The van der Waals surface area contributed by atoms with Crippen LogP contribution in [0.4, 0.5) is 8.78 Å². The summed E-state index contributed by atoms with van der Waals surface area (Å²) in [6.45, 7) is 0.900. The third-order valence-corrected chi connectivity index (χ3v) is 4.90. The normalized spacial score (nSPS) is 13.9. The summed E-state index contributed by atoms with van der Waals surface area (Å²) in [4.78, 5) is 40.5. The van der Waals surface area contributed by atoms with Crippen molar-refractivity contribution in [3.63, 3.8) is 0 Å². The molecule has 2 aromatic carbocycles. The number of benzene rings is 2. The van der Waals surface area contributed by atoms with Crippen molar-refractivity contribution < 1.29 is 18.3 Å². The Morgan fingerprint density at radius 3 is 2.35 bits per heavy atom. The maximum Gasteiger partial charge on any atom is 0.352 e. The smallest absolute Gasteiger partial charge is 0.352 e. The summed E-state index contributed by atoms with van der Waals surface area (Å²) < 4.78 is 34.4. The average molecular weight is 428 g/mol. The van der Waals surface area contributed by atoms with Crippen LogP contribution in [0.25, 0.3) is 5.69 Å². The van der Waals surface area contributed by atoms with Gasteiger partial charge in [0.05, 0.1) is 19.8 Å². The molecule has 0 aliphatic carbocycles. The van der Waals surface area contributed by atoms with Crippen molar-refractivity contribution in [3.8, 4) is 5.69 Å². The Morgan fingerprint density at radius 2 is 1.68 bits per heavy atom. The Bertz CT molecular complexity index is 1230. The molecule has 31 heavy (non-hydrogen) atoms. The van der Waals surface area contributed by atoms with Crippen LogP contribution in [0.1, 0.15) is 16.1 Å². The molecule has 0 unspecified atom stereocenters. The van der Waals surface area contributed by atoms with Gasteiger partial charge in [0.2, 0.25) is 5.69 Å². The number of rotatable bonds is 4. The topological polar surface area (TPSA) is 86.4 Å². The number of carbonyl (C=O) groups excluding carboxylic acids is 1. The molecule has 10 heteroatoms. The highest BCUT2D eigenvalue weighted by molar-refractivity contribution is 5.91. The zero-order valence-corrected chi connectivity index (χ0v) is 16.3. The molecule has 0 spiro atoms. The average Bonchev–Trinajstić information content (AvgIpc) is 2.79. The fourth-order valence-corrected chi connectivity index (χ4v) is 3.26. The van der Waals surface area contributed by atoms with Crippen LogP contribution in [-0.2, 0) is 11.3 Å². The van der Waals surface area contributed by atoms with Crippen LogP contribution in [-0.4, -0.2) is 51.5 Å². The Labute approximate surface area is 174 Å². The largest absolute Gasteiger partial charge is 0.378 e. The molecule has 2 heterocycles. The summed E-state index contributed by atoms with van der Waals surface area (Å²) >= 11 is 0. The number of carbonyl (C=O) groups is 1. The minimum atomic E-state index is -0.919. The summed E-state index contributed by atoms with van der Waals surface area (Å²) in [5, 5.41) is 3.93. The van der Waals surface area contributed by atoms with Gasteiger partial charge in [0.15, 0.2) is 0 Å². The van der Waals surface area contributed by atoms with Gasteiger partial charge in [-0.15, -0.1) is 0 Å². The molecule has 0 radical (unpaired) electrons. The van der Waals surface area contributed by atoms with E-state index in [0.29, 0.717) is 23.5 Å². The van der Waals surface area contributed by atoms with Gasteiger partial charge in [-0.05, 0) is 29.8 Å². The molecule has 8 nitrogen and oxygen atoms in total. The van der Waals surface area contributed by atoms with Crippen LogP contribution in [0.3, 0.4) is 0 Å². The fraction of sp³-hybridized carbons (Fsp3) is 0.238. The van der Waals surface area contributed by atoms with Crippen molar-refractivity contribution in [1.82, 2.24) is 19.2 Å². The maximum atomic E-state index is 14.4. The molecule has 1 aromatic heterocycles. The second-order valence-electron chi connectivity index (χ2n) is 6.92. The van der Waals surface area contributed by atoms with Crippen LogP contribution < -0.4 is 11.2 Å². The lowest BCUT2D eigenvalue weighted by Gasteiger charge is -2.26. The molecule has 0 saturated carbocycles. The van der Waals surface area contributed by atoms with Crippen molar-refractivity contribution in [2.75, 3.05) is 26.3 Å². The first-order chi connectivity index (χ1) is 15.0. The van der Waals surface area contributed by atoms with Gasteiger partial charge in [0.1, 0.15) is 17.3 Å². The number of aromatic nitrogens is 3. The number of nitrogens with zero attached hydrogens (tertiary/aromatic N) is 4. The predicted octanol–water partition coefficient (Wildman–Crippen LogP) is 1.19. The van der Waals surface area contributed by atoms with Gasteiger partial charge in [0.25, 0.3) is 11.5 Å². The van der Waals surface area contributed by atoms with E-state index in [1.54, 1.807) is 0 Å². The van der Waals surface area contributed by atoms with E-state index >= 15 is 0 Å². The molecule has 0 N–H and O–H groups in total. The van der Waals surface area contributed by atoms with Crippen molar-refractivity contribution in [1.29, 1.82) is 0 Å². The Hall–Kier alpha value is -3.66. The molecule has 3 aromatic rings. The number of halogens is 2. The molecular weight excluding hydrogens is 410 g/mol. The number of amides is 1. The highest BCUT2D eigenvalue weighted by Crippen LogP contribution is 2.10. The highest BCUT2D eigenvalue weighted by Gasteiger charge is 2.26. The van der Waals surface area contributed by atoms with E-state index in [1.165, 1.54) is 47.4 Å². The molecule has 1 amide bonds. The van der Waals surface area contributed by atoms with Crippen LogP contribution in [0.5, 0.6) is 0 Å². The van der Waals surface area contributed by atoms with E-state index in [9.17, 15) is 23.2 Å². The first kappa shape index (κ1) is 20.6. The van der Waals surface area contributed by atoms with E-state index in [0.717, 1.165) is 10.6 Å². The van der Waals surface area contributed by atoms with E-state index in [-0.39, 0.29) is 25.3 Å². The van der Waals surface area contributed by atoms with Crippen LogP contribution in [0, 0.1) is 11.6 Å². The molecular formula is C21H18F2N4O4. The summed E-state index contributed by atoms with van der Waals surface area (Å²) in [6.07, 6.45) is 0. The number of hydrogen-bond acceptors (Lipinski definition) is 5. The van der Waals surface area contributed by atoms with E-state index < -0.39 is 34.5 Å². The standard InChI is InChI=1S/C21H18F2N4O4/c22-15-7-5-14(6-8-15)13-26-20(29)18(19(28)25-9-11-31-12-10-25)24-27(21(26)30)17-4-2-1-3-16(17)23/h1-8H,9-13H2. The van der Waals surface area contributed by atoms with Gasteiger partial charge in [-0.1, -0.05) is 24.3 Å². The maximum absolute atomic E-state index is 14.4. The molecule has 160 valence electrons. The fourth-order valence-electron chi connectivity index (χ4n) is 3.26. The summed E-state index contributed by atoms with van der Waals surface area (Å²) in [7, 11) is 0. The van der Waals surface area contributed by atoms with Gasteiger partial charge in [-0.2, -0.15) is 9.78 Å². The number of morpholine rings is 1. The van der Waals surface area contributed by atoms with Gasteiger partial charge in [-0.25, -0.2) is 13.6 Å². The first-order valence-electron chi connectivity index (χ1n) is 9.56. The molecule has 1 saturated heterocycles. The minimum absolute atomic E-state index is 0.198. The van der Waals surface area contributed by atoms with Crippen molar-refractivity contribution in [2.24, 2.45) is 0 Å². The Balaban J connectivity index is 1.88. The second kappa shape index (κ2) is 8.60. The van der Waals surface area contributed by atoms with Gasteiger partial charge >= 0.3 is 5.69 Å². The highest BCUT2D eigenvalue weighted by atomic mass is 19.1. The Kier molecular flexibility index (Phi) is 5.72. The van der Waals surface area contributed by atoms with Crippen LogP contribution >= 0.6 is 0 Å². The number of ether oxygens (including phenoxy) is 1. The molecule has 1 fully saturated rings. The lowest BCUT2D eigenvalue weighted by Crippen LogP contribution is -2.49. The summed E-state index contributed by atoms with van der Waals surface area (Å²) in [5.74, 6) is -1.89. The minimum Gasteiger partial charge on any atom is -0.378 e. The van der Waals surface area contributed by atoms with E-state index in [4.69, 9.17) is 4.74 Å². The van der Waals surface area contributed by atoms with Crippen molar-refractivity contribution in [3.05, 3.63) is 92.3 Å². The number of hydrogen-bond donors (Lipinski definition) is 0. The molecule has 1 aliphatic heterocycles. The summed E-state index contributed by atoms with van der Waals surface area (Å²) in [6, 6.07) is 10.6. The molecule has 4 rings (SSSR count). The van der Waals surface area contributed by atoms with Crippen LogP contribution in [0.2, 0.25) is 0 Å². The zero-order chi connectivity index (χ0) is 22.0. The lowest BCUT2D eigenvalue weighted by atomic mass is 10.2. The first-order valence-corrected chi connectivity index (χ1v) is 9.56. The monoisotopic (exact) mass is 428 g/mol. The summed E-state index contributed by atoms with van der Waals surface area (Å²) in [5.41, 5.74) is -2.07. The van der Waals surface area contributed by atoms with Crippen molar-refractivity contribution >= 4 is 5.91 Å². The third-order valence-electron chi connectivity index (χ3n) is 4.90. The third kappa shape index (κ3) is 4.15.